The SMILES string of the molecule is CCCNC(=O)NC(C)c1cn[nH]c1. The van der Waals surface area contributed by atoms with Gasteiger partial charge in [0.25, 0.3) is 0 Å². The van der Waals surface area contributed by atoms with Gasteiger partial charge in [0.2, 0.25) is 0 Å². The largest absolute Gasteiger partial charge is 0.338 e. The van der Waals surface area contributed by atoms with Gasteiger partial charge in [0, 0.05) is 18.3 Å². The van der Waals surface area contributed by atoms with Crippen LogP contribution in [0.2, 0.25) is 0 Å². The monoisotopic (exact) mass is 196 g/mol. The number of nitrogens with one attached hydrogen (secondary N) is 3. The van der Waals surface area contributed by atoms with Crippen molar-refractivity contribution in [2.24, 2.45) is 0 Å². The molecule has 5 nitrogen and oxygen atoms in total. The molecule has 2 amide bonds. The molecule has 1 aromatic heterocycles. The first-order valence-corrected chi connectivity index (χ1v) is 4.77. The summed E-state index contributed by atoms with van der Waals surface area (Å²) in [6.45, 7) is 4.63. The van der Waals surface area contributed by atoms with Crippen molar-refractivity contribution in [3.8, 4) is 0 Å². The molecule has 1 heterocycles. The molecular formula is C9H16N4O. The van der Waals surface area contributed by atoms with Gasteiger partial charge in [0.1, 0.15) is 0 Å². The van der Waals surface area contributed by atoms with Crippen molar-refractivity contribution in [2.75, 3.05) is 6.54 Å². The van der Waals surface area contributed by atoms with Crippen molar-refractivity contribution < 1.29 is 4.79 Å². The molecule has 0 spiro atoms. The van der Waals surface area contributed by atoms with E-state index in [0.29, 0.717) is 6.54 Å². The molecule has 1 aromatic rings. The fourth-order valence-electron chi connectivity index (χ4n) is 1.07. The first-order chi connectivity index (χ1) is 6.74. The molecule has 0 aliphatic carbocycles. The maximum Gasteiger partial charge on any atom is 0.315 e. The van der Waals surface area contributed by atoms with E-state index in [-0.39, 0.29) is 12.1 Å². The Kier molecular flexibility index (Phi) is 3.97. The zero-order valence-electron chi connectivity index (χ0n) is 8.50. The lowest BCUT2D eigenvalue weighted by molar-refractivity contribution is 0.238. The van der Waals surface area contributed by atoms with Gasteiger partial charge in [-0.2, -0.15) is 5.10 Å². The summed E-state index contributed by atoms with van der Waals surface area (Å²) in [5, 5.41) is 12.1. The van der Waals surface area contributed by atoms with E-state index in [2.05, 4.69) is 20.8 Å². The predicted octanol–water partition coefficient (Wildman–Crippen LogP) is 1.18. The molecule has 14 heavy (non-hydrogen) atoms. The van der Waals surface area contributed by atoms with Crippen molar-refractivity contribution in [3.63, 3.8) is 0 Å². The highest BCUT2D eigenvalue weighted by molar-refractivity contribution is 5.74. The molecule has 0 aromatic carbocycles. The topological polar surface area (TPSA) is 69.8 Å². The number of hydrogen-bond acceptors (Lipinski definition) is 2. The molecule has 0 saturated carbocycles. The Hall–Kier alpha value is -1.52. The summed E-state index contributed by atoms with van der Waals surface area (Å²) in [6, 6.07) is -0.161. The number of hydrogen-bond donors (Lipinski definition) is 3. The van der Waals surface area contributed by atoms with Gasteiger partial charge in [-0.05, 0) is 13.3 Å². The zero-order valence-corrected chi connectivity index (χ0v) is 8.50. The van der Waals surface area contributed by atoms with Crippen LogP contribution in [0.4, 0.5) is 4.79 Å². The second kappa shape index (κ2) is 5.26. The van der Waals surface area contributed by atoms with E-state index in [1.165, 1.54) is 0 Å². The van der Waals surface area contributed by atoms with Crippen LogP contribution in [0.1, 0.15) is 31.9 Å². The third kappa shape index (κ3) is 3.08. The smallest absolute Gasteiger partial charge is 0.315 e. The number of carbonyl (C=O) groups is 1. The standard InChI is InChI=1S/C9H16N4O/c1-3-4-10-9(14)13-7(2)8-5-11-12-6-8/h5-7H,3-4H2,1-2H3,(H,11,12)(H2,10,13,14). The van der Waals surface area contributed by atoms with Crippen LogP contribution >= 0.6 is 0 Å². The van der Waals surface area contributed by atoms with E-state index < -0.39 is 0 Å². The summed E-state index contributed by atoms with van der Waals surface area (Å²) in [5.41, 5.74) is 0.969. The van der Waals surface area contributed by atoms with Crippen LogP contribution in [0, 0.1) is 0 Å². The van der Waals surface area contributed by atoms with Gasteiger partial charge in [0.05, 0.1) is 12.2 Å². The third-order valence-corrected chi connectivity index (χ3v) is 1.90. The number of aromatic nitrogens is 2. The van der Waals surface area contributed by atoms with Crippen molar-refractivity contribution >= 4 is 6.03 Å². The number of aromatic amines is 1. The Balaban J connectivity index is 2.33. The van der Waals surface area contributed by atoms with Crippen LogP contribution in [-0.4, -0.2) is 22.8 Å². The van der Waals surface area contributed by atoms with E-state index in [9.17, 15) is 4.79 Å². The molecule has 0 aliphatic rings. The lowest BCUT2D eigenvalue weighted by atomic mass is 10.2. The Morgan fingerprint density at radius 3 is 3.07 bits per heavy atom. The molecule has 0 bridgehead atoms. The average molecular weight is 196 g/mol. The molecule has 0 saturated heterocycles. The first-order valence-electron chi connectivity index (χ1n) is 4.77. The zero-order chi connectivity index (χ0) is 10.4. The molecule has 1 atom stereocenters. The van der Waals surface area contributed by atoms with Gasteiger partial charge in [-0.3, -0.25) is 5.10 Å². The quantitative estimate of drug-likeness (QED) is 0.676. The molecular weight excluding hydrogens is 180 g/mol. The van der Waals surface area contributed by atoms with Gasteiger partial charge >= 0.3 is 6.03 Å². The Bertz CT molecular complexity index is 270. The second-order valence-electron chi connectivity index (χ2n) is 3.15. The maximum atomic E-state index is 11.3. The van der Waals surface area contributed by atoms with Gasteiger partial charge < -0.3 is 10.6 Å². The first kappa shape index (κ1) is 10.6. The van der Waals surface area contributed by atoms with Crippen LogP contribution in [0.15, 0.2) is 12.4 Å². The van der Waals surface area contributed by atoms with Gasteiger partial charge in [0.15, 0.2) is 0 Å². The van der Waals surface area contributed by atoms with Crippen molar-refractivity contribution in [2.45, 2.75) is 26.3 Å². The van der Waals surface area contributed by atoms with E-state index in [1.807, 2.05) is 13.8 Å². The minimum atomic E-state index is -0.138. The highest BCUT2D eigenvalue weighted by atomic mass is 16.2. The third-order valence-electron chi connectivity index (χ3n) is 1.90. The summed E-state index contributed by atoms with van der Waals surface area (Å²) >= 11 is 0. The fraction of sp³-hybridized carbons (Fsp3) is 0.556. The number of amides is 2. The van der Waals surface area contributed by atoms with E-state index >= 15 is 0 Å². The fourth-order valence-corrected chi connectivity index (χ4v) is 1.07. The Morgan fingerprint density at radius 1 is 1.71 bits per heavy atom. The van der Waals surface area contributed by atoms with Gasteiger partial charge in [-0.25, -0.2) is 4.79 Å². The number of urea groups is 1. The molecule has 3 N–H and O–H groups in total. The highest BCUT2D eigenvalue weighted by Gasteiger charge is 2.08. The minimum absolute atomic E-state index is 0.0226. The Labute approximate surface area is 83.3 Å². The number of H-pyrrole nitrogens is 1. The van der Waals surface area contributed by atoms with Crippen LogP contribution < -0.4 is 10.6 Å². The van der Waals surface area contributed by atoms with Crippen LogP contribution in [0.3, 0.4) is 0 Å². The normalized spacial score (nSPS) is 12.1. The minimum Gasteiger partial charge on any atom is -0.338 e. The molecule has 0 radical (unpaired) electrons. The van der Waals surface area contributed by atoms with Crippen molar-refractivity contribution in [3.05, 3.63) is 18.0 Å². The molecule has 78 valence electrons. The van der Waals surface area contributed by atoms with E-state index in [4.69, 9.17) is 0 Å². The Morgan fingerprint density at radius 2 is 2.50 bits per heavy atom. The molecule has 0 fully saturated rings. The van der Waals surface area contributed by atoms with E-state index in [0.717, 1.165) is 12.0 Å². The summed E-state index contributed by atoms with van der Waals surface area (Å²) < 4.78 is 0. The lowest BCUT2D eigenvalue weighted by Gasteiger charge is -2.12. The number of nitrogens with zero attached hydrogens (tertiary/aromatic N) is 1. The maximum absolute atomic E-state index is 11.3. The van der Waals surface area contributed by atoms with Crippen LogP contribution in [0.25, 0.3) is 0 Å². The van der Waals surface area contributed by atoms with Crippen molar-refractivity contribution in [1.29, 1.82) is 0 Å². The molecule has 1 unspecified atom stereocenters. The van der Waals surface area contributed by atoms with Gasteiger partial charge in [-0.15, -0.1) is 0 Å². The number of carbonyl (C=O) groups excluding carboxylic acids is 1. The lowest BCUT2D eigenvalue weighted by Crippen LogP contribution is -2.37. The summed E-state index contributed by atoms with van der Waals surface area (Å²) in [4.78, 5) is 11.3. The average Bonchev–Trinajstić information content (AvgIpc) is 2.67. The second-order valence-corrected chi connectivity index (χ2v) is 3.15. The molecule has 1 rings (SSSR count). The predicted molar refractivity (Wildman–Crippen MR) is 53.8 cm³/mol. The number of rotatable bonds is 4. The summed E-state index contributed by atoms with van der Waals surface area (Å²) in [5.74, 6) is 0. The van der Waals surface area contributed by atoms with E-state index in [1.54, 1.807) is 12.4 Å². The molecule has 5 heteroatoms. The highest BCUT2D eigenvalue weighted by Crippen LogP contribution is 2.08. The summed E-state index contributed by atoms with van der Waals surface area (Å²) in [7, 11) is 0. The van der Waals surface area contributed by atoms with Crippen LogP contribution in [0.5, 0.6) is 0 Å². The molecule has 0 aliphatic heterocycles. The van der Waals surface area contributed by atoms with Crippen LogP contribution in [-0.2, 0) is 0 Å². The van der Waals surface area contributed by atoms with Gasteiger partial charge in [-0.1, -0.05) is 6.92 Å². The van der Waals surface area contributed by atoms with Crippen molar-refractivity contribution in [1.82, 2.24) is 20.8 Å². The summed E-state index contributed by atoms with van der Waals surface area (Å²) in [6.07, 6.45) is 4.41.